The molecule has 208 valence electrons. The summed E-state index contributed by atoms with van der Waals surface area (Å²) in [6, 6.07) is 4.42. The average molecular weight is 560 g/mol. The van der Waals surface area contributed by atoms with Gasteiger partial charge in [0.05, 0.1) is 38.3 Å². The smallest absolute Gasteiger partial charge is 0.410 e. The minimum Gasteiger partial charge on any atom is -0.495 e. The lowest BCUT2D eigenvalue weighted by atomic mass is 10.1. The van der Waals surface area contributed by atoms with E-state index in [1.54, 1.807) is 26.8 Å². The van der Waals surface area contributed by atoms with Crippen LogP contribution in [0, 0.1) is 11.3 Å². The largest absolute Gasteiger partial charge is 0.495 e. The number of benzene rings is 1. The molecule has 0 bridgehead atoms. The van der Waals surface area contributed by atoms with Gasteiger partial charge in [-0.25, -0.2) is 19.6 Å². The maximum absolute atomic E-state index is 12.7. The SMILES string of the molecule is COc1cc(CCNC(=O)C2CN(C(=O)OC(C)(C)C)CCO2)c(Cl)cc1NC(=O)Nc1cnc(C#N)cn1. The molecule has 0 radical (unpaired) electrons. The Hall–Kier alpha value is -4.15. The predicted octanol–water partition coefficient (Wildman–Crippen LogP) is 2.95. The van der Waals surface area contributed by atoms with Crippen LogP contribution in [0.2, 0.25) is 5.02 Å². The van der Waals surface area contributed by atoms with Crippen LogP contribution in [0.4, 0.5) is 21.1 Å². The summed E-state index contributed by atoms with van der Waals surface area (Å²) in [6.07, 6.45) is 1.55. The van der Waals surface area contributed by atoms with Crippen molar-refractivity contribution in [3.05, 3.63) is 40.8 Å². The minimum absolute atomic E-state index is 0.0891. The Kier molecular flexibility index (Phi) is 9.86. The normalized spacial score (nSPS) is 15.1. The van der Waals surface area contributed by atoms with Crippen molar-refractivity contribution in [1.29, 1.82) is 5.26 Å². The lowest BCUT2D eigenvalue weighted by Gasteiger charge is -2.33. The Balaban J connectivity index is 1.54. The van der Waals surface area contributed by atoms with Crippen LogP contribution in [0.5, 0.6) is 5.75 Å². The van der Waals surface area contributed by atoms with Crippen LogP contribution in [0.3, 0.4) is 0 Å². The molecule has 0 spiro atoms. The highest BCUT2D eigenvalue weighted by Crippen LogP contribution is 2.31. The Bertz CT molecular complexity index is 1240. The molecule has 1 aromatic heterocycles. The van der Waals surface area contributed by atoms with Gasteiger partial charge in [-0.15, -0.1) is 0 Å². The van der Waals surface area contributed by atoms with Crippen LogP contribution in [0.1, 0.15) is 32.0 Å². The minimum atomic E-state index is -0.817. The number of nitriles is 1. The van der Waals surface area contributed by atoms with Crippen molar-refractivity contribution in [3.63, 3.8) is 0 Å². The summed E-state index contributed by atoms with van der Waals surface area (Å²) in [5.41, 5.74) is 0.474. The number of aromatic nitrogens is 2. The van der Waals surface area contributed by atoms with E-state index in [1.165, 1.54) is 30.5 Å². The second-order valence-electron chi connectivity index (χ2n) is 9.45. The predicted molar refractivity (Wildman–Crippen MR) is 142 cm³/mol. The molecule has 13 nitrogen and oxygen atoms in total. The molecule has 39 heavy (non-hydrogen) atoms. The Morgan fingerprint density at radius 3 is 2.64 bits per heavy atom. The van der Waals surface area contributed by atoms with Crippen molar-refractivity contribution in [1.82, 2.24) is 20.2 Å². The summed E-state index contributed by atoms with van der Waals surface area (Å²) < 4.78 is 16.3. The van der Waals surface area contributed by atoms with Gasteiger partial charge in [0, 0.05) is 18.1 Å². The quantitative estimate of drug-likeness (QED) is 0.461. The molecule has 0 aliphatic carbocycles. The fraction of sp³-hybridized carbons (Fsp3) is 0.440. The van der Waals surface area contributed by atoms with Crippen LogP contribution < -0.4 is 20.7 Å². The van der Waals surface area contributed by atoms with E-state index in [0.29, 0.717) is 35.0 Å². The van der Waals surface area contributed by atoms with E-state index in [9.17, 15) is 14.4 Å². The molecule has 3 rings (SSSR count). The number of carbonyl (C=O) groups excluding carboxylic acids is 3. The number of nitrogens with zero attached hydrogens (tertiary/aromatic N) is 4. The number of methoxy groups -OCH3 is 1. The van der Waals surface area contributed by atoms with E-state index in [4.69, 9.17) is 31.1 Å². The molecule has 1 aromatic carbocycles. The summed E-state index contributed by atoms with van der Waals surface area (Å²) in [5.74, 6) is 0.151. The number of rotatable bonds is 7. The molecule has 2 heterocycles. The fourth-order valence-corrected chi connectivity index (χ4v) is 3.77. The number of nitrogens with one attached hydrogen (secondary N) is 3. The molecule has 4 amide bonds. The number of urea groups is 1. The van der Waals surface area contributed by atoms with E-state index in [-0.39, 0.29) is 37.1 Å². The molecule has 0 saturated carbocycles. The van der Waals surface area contributed by atoms with Gasteiger partial charge in [-0.05, 0) is 44.9 Å². The number of anilines is 2. The van der Waals surface area contributed by atoms with E-state index in [1.807, 2.05) is 6.07 Å². The molecule has 1 aliphatic rings. The van der Waals surface area contributed by atoms with Gasteiger partial charge in [-0.3, -0.25) is 10.1 Å². The number of morpholine rings is 1. The van der Waals surface area contributed by atoms with Gasteiger partial charge in [0.15, 0.2) is 17.6 Å². The highest BCUT2D eigenvalue weighted by Gasteiger charge is 2.31. The molecule has 1 atom stereocenters. The first-order valence-electron chi connectivity index (χ1n) is 12.0. The molecule has 1 aliphatic heterocycles. The second kappa shape index (κ2) is 13.1. The van der Waals surface area contributed by atoms with E-state index in [2.05, 4.69) is 25.9 Å². The van der Waals surface area contributed by atoms with Gasteiger partial charge in [0.1, 0.15) is 17.4 Å². The van der Waals surface area contributed by atoms with Crippen molar-refractivity contribution in [2.45, 2.75) is 38.9 Å². The van der Waals surface area contributed by atoms with Crippen molar-refractivity contribution >= 4 is 41.1 Å². The summed E-state index contributed by atoms with van der Waals surface area (Å²) >= 11 is 6.43. The Morgan fingerprint density at radius 2 is 2.00 bits per heavy atom. The second-order valence-corrected chi connectivity index (χ2v) is 9.86. The number of halogens is 1. The molecular weight excluding hydrogens is 530 g/mol. The lowest BCUT2D eigenvalue weighted by Crippen LogP contribution is -2.52. The lowest BCUT2D eigenvalue weighted by molar-refractivity contribution is -0.137. The van der Waals surface area contributed by atoms with Crippen LogP contribution in [0.25, 0.3) is 0 Å². The van der Waals surface area contributed by atoms with Crippen molar-refractivity contribution < 1.29 is 28.6 Å². The standard InChI is InChI=1S/C25H30ClN7O6/c1-25(2,3)39-24(36)33-7-8-38-20(14-33)22(34)28-6-5-15-9-19(37-4)18(10-17(15)26)31-23(35)32-21-13-29-16(11-27)12-30-21/h9-10,12-13,20H,5-8,14H2,1-4H3,(H,28,34)(H2,30,31,32,35). The zero-order chi connectivity index (χ0) is 28.6. The topological polar surface area (TPSA) is 168 Å². The number of ether oxygens (including phenoxy) is 3. The van der Waals surface area contributed by atoms with Crippen molar-refractivity contribution in [2.75, 3.05) is 44.0 Å². The van der Waals surface area contributed by atoms with Gasteiger partial charge in [-0.1, -0.05) is 11.6 Å². The molecule has 14 heteroatoms. The highest BCUT2D eigenvalue weighted by atomic mass is 35.5. The van der Waals surface area contributed by atoms with Crippen LogP contribution >= 0.6 is 11.6 Å². The Labute approximate surface area is 230 Å². The maximum Gasteiger partial charge on any atom is 0.410 e. The van der Waals surface area contributed by atoms with Gasteiger partial charge < -0.3 is 29.7 Å². The van der Waals surface area contributed by atoms with Crippen molar-refractivity contribution in [2.24, 2.45) is 0 Å². The third-order valence-electron chi connectivity index (χ3n) is 5.33. The van der Waals surface area contributed by atoms with E-state index >= 15 is 0 Å². The zero-order valence-electron chi connectivity index (χ0n) is 22.0. The first-order valence-corrected chi connectivity index (χ1v) is 12.4. The van der Waals surface area contributed by atoms with E-state index < -0.39 is 23.8 Å². The summed E-state index contributed by atoms with van der Waals surface area (Å²) in [6.45, 7) is 6.23. The highest BCUT2D eigenvalue weighted by molar-refractivity contribution is 6.31. The zero-order valence-corrected chi connectivity index (χ0v) is 22.8. The number of carbonyl (C=O) groups is 3. The monoisotopic (exact) mass is 559 g/mol. The first kappa shape index (κ1) is 29.4. The summed E-state index contributed by atoms with van der Waals surface area (Å²) in [5, 5.41) is 17.1. The van der Waals surface area contributed by atoms with Crippen LogP contribution in [0.15, 0.2) is 24.5 Å². The number of amides is 4. The van der Waals surface area contributed by atoms with Crippen LogP contribution in [-0.4, -0.2) is 78.0 Å². The fourth-order valence-electron chi connectivity index (χ4n) is 3.51. The average Bonchev–Trinajstić information content (AvgIpc) is 2.89. The van der Waals surface area contributed by atoms with Gasteiger partial charge >= 0.3 is 12.1 Å². The Morgan fingerprint density at radius 1 is 1.23 bits per heavy atom. The number of hydrogen-bond donors (Lipinski definition) is 3. The van der Waals surface area contributed by atoms with Gasteiger partial charge in [0.25, 0.3) is 5.91 Å². The molecular formula is C25H30ClN7O6. The summed E-state index contributed by atoms with van der Waals surface area (Å²) in [4.78, 5) is 46.6. The summed E-state index contributed by atoms with van der Waals surface area (Å²) in [7, 11) is 1.45. The third kappa shape index (κ3) is 8.69. The maximum atomic E-state index is 12.7. The molecule has 2 aromatic rings. The van der Waals surface area contributed by atoms with Gasteiger partial charge in [-0.2, -0.15) is 5.26 Å². The molecule has 3 N–H and O–H groups in total. The molecule has 1 fully saturated rings. The number of hydrogen-bond acceptors (Lipinski definition) is 9. The molecule has 1 unspecified atom stereocenters. The van der Waals surface area contributed by atoms with Crippen LogP contribution in [-0.2, 0) is 20.7 Å². The first-order chi connectivity index (χ1) is 18.5. The van der Waals surface area contributed by atoms with Crippen molar-refractivity contribution in [3.8, 4) is 11.8 Å². The van der Waals surface area contributed by atoms with Gasteiger partial charge in [0.2, 0.25) is 0 Å². The molecule has 1 saturated heterocycles. The van der Waals surface area contributed by atoms with E-state index in [0.717, 1.165) is 0 Å². The third-order valence-corrected chi connectivity index (χ3v) is 5.68.